The molecule has 6 heteroatoms. The van der Waals surface area contributed by atoms with E-state index in [1.807, 2.05) is 6.92 Å². The number of amidine groups is 1. The molecule has 1 fully saturated rings. The van der Waals surface area contributed by atoms with Crippen LogP contribution in [0.5, 0.6) is 0 Å². The van der Waals surface area contributed by atoms with Crippen molar-refractivity contribution in [3.63, 3.8) is 0 Å². The Hall–Kier alpha value is -1.46. The number of anilines is 1. The summed E-state index contributed by atoms with van der Waals surface area (Å²) in [5.41, 5.74) is 3.26. The van der Waals surface area contributed by atoms with Crippen LogP contribution in [0.3, 0.4) is 0 Å². The second-order valence-corrected chi connectivity index (χ2v) is 7.13. The minimum Gasteiger partial charge on any atom is -0.339 e. The lowest BCUT2D eigenvalue weighted by Crippen LogP contribution is -2.17. The van der Waals surface area contributed by atoms with Gasteiger partial charge in [0, 0.05) is 12.2 Å². The van der Waals surface area contributed by atoms with Gasteiger partial charge in [-0.15, -0.1) is 17.5 Å². The number of aryl methyl sites for hydroxylation is 2. The van der Waals surface area contributed by atoms with E-state index in [1.165, 1.54) is 49.2 Å². The van der Waals surface area contributed by atoms with Gasteiger partial charge in [-0.1, -0.05) is 41.4 Å². The van der Waals surface area contributed by atoms with Crippen LogP contribution in [0.15, 0.2) is 29.3 Å². The molecule has 0 aliphatic heterocycles. The van der Waals surface area contributed by atoms with Gasteiger partial charge < -0.3 is 5.32 Å². The molecular weight excluding hydrogens is 340 g/mol. The van der Waals surface area contributed by atoms with Crippen molar-refractivity contribution in [2.75, 3.05) is 11.9 Å². The van der Waals surface area contributed by atoms with Crippen LogP contribution in [0.25, 0.3) is 0 Å². The van der Waals surface area contributed by atoms with E-state index in [0.29, 0.717) is 0 Å². The molecule has 130 valence electrons. The largest absolute Gasteiger partial charge is 0.339 e. The zero-order chi connectivity index (χ0) is 16.1. The van der Waals surface area contributed by atoms with E-state index >= 15 is 0 Å². The quantitative estimate of drug-likeness (QED) is 0.612. The summed E-state index contributed by atoms with van der Waals surface area (Å²) in [5, 5.41) is 7.61. The molecule has 2 aromatic rings. The molecule has 1 aromatic carbocycles. The summed E-state index contributed by atoms with van der Waals surface area (Å²) in [6, 6.07) is 8.41. The van der Waals surface area contributed by atoms with E-state index < -0.39 is 0 Å². The van der Waals surface area contributed by atoms with Crippen LogP contribution < -0.4 is 5.32 Å². The molecule has 0 unspecified atom stereocenters. The summed E-state index contributed by atoms with van der Waals surface area (Å²) in [7, 11) is 0. The second-order valence-electron chi connectivity index (χ2n) is 6.37. The topological polar surface area (TPSA) is 50.2 Å². The number of hydrogen-bond acceptors (Lipinski definition) is 4. The van der Waals surface area contributed by atoms with Crippen molar-refractivity contribution >= 4 is 35.5 Å². The van der Waals surface area contributed by atoms with Gasteiger partial charge in [0.15, 0.2) is 0 Å². The first-order valence-electron chi connectivity index (χ1n) is 8.40. The van der Waals surface area contributed by atoms with Crippen molar-refractivity contribution < 1.29 is 0 Å². The fourth-order valence-electron chi connectivity index (χ4n) is 2.98. The predicted molar refractivity (Wildman–Crippen MR) is 105 cm³/mol. The van der Waals surface area contributed by atoms with Crippen LogP contribution in [0.1, 0.15) is 48.2 Å². The third-order valence-corrected chi connectivity index (χ3v) is 5.25. The maximum atomic E-state index is 4.90. The molecule has 1 aromatic heterocycles. The average molecular weight is 365 g/mol. The van der Waals surface area contributed by atoms with Gasteiger partial charge in [0.2, 0.25) is 0 Å². The molecule has 4 nitrogen and oxygen atoms in total. The molecule has 0 atom stereocenters. The van der Waals surface area contributed by atoms with Gasteiger partial charge in [-0.05, 0) is 56.3 Å². The van der Waals surface area contributed by atoms with Crippen molar-refractivity contribution in [3.05, 3.63) is 40.4 Å². The highest BCUT2D eigenvalue weighted by Crippen LogP contribution is 2.24. The Morgan fingerprint density at radius 3 is 2.50 bits per heavy atom. The van der Waals surface area contributed by atoms with Crippen LogP contribution in [-0.2, 0) is 0 Å². The zero-order valence-corrected chi connectivity index (χ0v) is 15.9. The van der Waals surface area contributed by atoms with Crippen LogP contribution >= 0.6 is 23.9 Å². The monoisotopic (exact) mass is 364 g/mol. The highest BCUT2D eigenvalue weighted by atomic mass is 35.5. The van der Waals surface area contributed by atoms with E-state index in [4.69, 9.17) is 4.99 Å². The Morgan fingerprint density at radius 2 is 1.88 bits per heavy atom. The number of aliphatic imine (C=N–C) groups is 1. The van der Waals surface area contributed by atoms with Gasteiger partial charge in [-0.3, -0.25) is 4.99 Å². The first kappa shape index (κ1) is 18.9. The van der Waals surface area contributed by atoms with Gasteiger partial charge in [0.05, 0.1) is 5.69 Å². The fourth-order valence-corrected chi connectivity index (χ4v) is 3.60. The van der Waals surface area contributed by atoms with E-state index in [1.54, 1.807) is 0 Å². The molecule has 0 spiro atoms. The van der Waals surface area contributed by atoms with E-state index in [2.05, 4.69) is 46.1 Å². The predicted octanol–water partition coefficient (Wildman–Crippen LogP) is 5.02. The lowest BCUT2D eigenvalue weighted by atomic mass is 9.89. The third-order valence-electron chi connectivity index (χ3n) is 4.41. The maximum absolute atomic E-state index is 4.90. The Morgan fingerprint density at radius 1 is 1.17 bits per heavy atom. The number of hydrogen-bond donors (Lipinski definition) is 1. The van der Waals surface area contributed by atoms with Crippen LogP contribution in [0.4, 0.5) is 5.69 Å². The average Bonchev–Trinajstić information content (AvgIpc) is 3.00. The van der Waals surface area contributed by atoms with Crippen molar-refractivity contribution in [2.45, 2.75) is 46.0 Å². The normalized spacial score (nSPS) is 15.8. The Bertz CT molecular complexity index is 660. The van der Waals surface area contributed by atoms with E-state index in [9.17, 15) is 0 Å². The molecule has 0 radical (unpaired) electrons. The van der Waals surface area contributed by atoms with Crippen LogP contribution in [-0.4, -0.2) is 22.0 Å². The van der Waals surface area contributed by atoms with Gasteiger partial charge in [-0.25, -0.2) is 0 Å². The minimum atomic E-state index is 0. The first-order valence-corrected chi connectivity index (χ1v) is 9.17. The van der Waals surface area contributed by atoms with Crippen LogP contribution in [0, 0.1) is 19.8 Å². The molecule has 1 N–H and O–H groups in total. The molecule has 0 bridgehead atoms. The number of nitrogens with one attached hydrogen (secondary N) is 1. The van der Waals surface area contributed by atoms with Crippen molar-refractivity contribution in [3.8, 4) is 0 Å². The number of nitrogens with zero attached hydrogens (tertiary/aromatic N) is 3. The third kappa shape index (κ3) is 5.02. The number of halogens is 1. The maximum Gasteiger partial charge on any atom is 0.146 e. The number of rotatable bonds is 4. The number of aromatic nitrogens is 2. The number of benzene rings is 1. The second kappa shape index (κ2) is 9.14. The molecule has 3 rings (SSSR count). The van der Waals surface area contributed by atoms with Gasteiger partial charge in [-0.2, -0.15) is 0 Å². The van der Waals surface area contributed by atoms with Gasteiger partial charge >= 0.3 is 0 Å². The lowest BCUT2D eigenvalue weighted by molar-refractivity contribution is 0.367. The highest BCUT2D eigenvalue weighted by molar-refractivity contribution is 7.08. The molecule has 1 saturated carbocycles. The van der Waals surface area contributed by atoms with E-state index in [-0.39, 0.29) is 12.4 Å². The summed E-state index contributed by atoms with van der Waals surface area (Å²) in [5.74, 6) is 1.63. The molecule has 1 heterocycles. The Balaban J connectivity index is 0.00000208. The SMILES string of the molecule is Cc1ccc(NC(=NCC2CCCCC2)c2snnc2C)cc1.Cl. The van der Waals surface area contributed by atoms with Crippen molar-refractivity contribution in [2.24, 2.45) is 10.9 Å². The standard InChI is InChI=1S/C18H24N4S.ClH/c1-13-8-10-16(11-9-13)20-18(17-14(2)21-22-23-17)19-12-15-6-4-3-5-7-15;/h8-11,15H,3-7,12H2,1-2H3,(H,19,20);1H. The Labute approximate surface area is 154 Å². The molecule has 1 aliphatic carbocycles. The Kier molecular flexibility index (Phi) is 7.18. The summed E-state index contributed by atoms with van der Waals surface area (Å²) in [6.07, 6.45) is 6.69. The van der Waals surface area contributed by atoms with Crippen LogP contribution in [0.2, 0.25) is 0 Å². The summed E-state index contributed by atoms with van der Waals surface area (Å²) >= 11 is 1.41. The summed E-state index contributed by atoms with van der Waals surface area (Å²) in [4.78, 5) is 5.95. The minimum absolute atomic E-state index is 0. The highest BCUT2D eigenvalue weighted by Gasteiger charge is 2.16. The molecule has 24 heavy (non-hydrogen) atoms. The molecule has 0 amide bonds. The smallest absolute Gasteiger partial charge is 0.146 e. The van der Waals surface area contributed by atoms with Crippen molar-refractivity contribution in [1.82, 2.24) is 9.59 Å². The van der Waals surface area contributed by atoms with Gasteiger partial charge in [0.1, 0.15) is 10.7 Å². The first-order chi connectivity index (χ1) is 11.2. The molecule has 0 saturated heterocycles. The molecule has 1 aliphatic rings. The van der Waals surface area contributed by atoms with Crippen molar-refractivity contribution in [1.29, 1.82) is 0 Å². The zero-order valence-electron chi connectivity index (χ0n) is 14.3. The lowest BCUT2D eigenvalue weighted by Gasteiger charge is -2.20. The van der Waals surface area contributed by atoms with Gasteiger partial charge in [0.25, 0.3) is 0 Å². The summed E-state index contributed by atoms with van der Waals surface area (Å²) in [6.45, 7) is 4.98. The fraction of sp³-hybridized carbons (Fsp3) is 0.500. The summed E-state index contributed by atoms with van der Waals surface area (Å²) < 4.78 is 4.06. The van der Waals surface area contributed by atoms with E-state index in [0.717, 1.165) is 34.6 Å². The molecular formula is C18H25ClN4S.